The quantitative estimate of drug-likeness (QED) is 0.593. The number of aromatic nitrogens is 1. The van der Waals surface area contributed by atoms with E-state index >= 15 is 0 Å². The molecule has 1 atom stereocenters. The molecule has 1 aromatic heterocycles. The van der Waals surface area contributed by atoms with Gasteiger partial charge in [0, 0.05) is 25.0 Å². The van der Waals surface area contributed by atoms with Crippen molar-refractivity contribution in [1.82, 2.24) is 4.98 Å². The predicted molar refractivity (Wildman–Crippen MR) is 67.9 cm³/mol. The van der Waals surface area contributed by atoms with E-state index in [-0.39, 0.29) is 24.5 Å². The van der Waals surface area contributed by atoms with E-state index in [1.807, 2.05) is 0 Å². The summed E-state index contributed by atoms with van der Waals surface area (Å²) in [4.78, 5) is 19.3. The van der Waals surface area contributed by atoms with Crippen molar-refractivity contribution < 1.29 is 19.7 Å². The maximum Gasteiger partial charge on any atom is 0.344 e. The van der Waals surface area contributed by atoms with Crippen LogP contribution in [-0.2, 0) is 16.0 Å². The molecule has 1 aromatic rings. The average Bonchev–Trinajstić information content (AvgIpc) is 2.68. The van der Waals surface area contributed by atoms with E-state index in [1.165, 1.54) is 6.21 Å². The molecule has 1 aliphatic rings. The summed E-state index contributed by atoms with van der Waals surface area (Å²) in [6.07, 6.45) is 4.20. The Hall–Kier alpha value is -2.21. The zero-order valence-corrected chi connectivity index (χ0v) is 10.2. The Labute approximate surface area is 110 Å². The van der Waals surface area contributed by atoms with Crippen molar-refractivity contribution >= 4 is 12.2 Å². The number of esters is 1. The number of hydrogen-bond donors (Lipinski definition) is 2. The van der Waals surface area contributed by atoms with Crippen molar-refractivity contribution in [3.63, 3.8) is 0 Å². The normalized spacial score (nSPS) is 19.2. The topological polar surface area (TPSA) is 92.0 Å². The fourth-order valence-electron chi connectivity index (χ4n) is 1.73. The molecule has 6 heteroatoms. The molecule has 1 unspecified atom stereocenters. The smallest absolute Gasteiger partial charge is 0.344 e. The van der Waals surface area contributed by atoms with Crippen molar-refractivity contribution in [2.45, 2.75) is 12.5 Å². The van der Waals surface area contributed by atoms with Crippen LogP contribution in [0.15, 0.2) is 40.9 Å². The van der Waals surface area contributed by atoms with Crippen LogP contribution in [0.3, 0.4) is 0 Å². The molecule has 0 aromatic carbocycles. The zero-order chi connectivity index (χ0) is 13.7. The first-order chi connectivity index (χ1) is 9.22. The Morgan fingerprint density at radius 2 is 2.16 bits per heavy atom. The second-order valence-corrected chi connectivity index (χ2v) is 4.01. The molecule has 2 N–H and O–H groups in total. The van der Waals surface area contributed by atoms with Crippen molar-refractivity contribution in [1.29, 1.82) is 0 Å². The van der Waals surface area contributed by atoms with E-state index in [0.29, 0.717) is 6.42 Å². The van der Waals surface area contributed by atoms with Crippen LogP contribution in [0.25, 0.3) is 0 Å². The minimum atomic E-state index is -0.689. The number of nitrogens with zero attached hydrogens (tertiary/aromatic N) is 2. The fraction of sp³-hybridized carbons (Fsp3) is 0.308. The molecule has 0 saturated carbocycles. The molecule has 100 valence electrons. The number of aliphatic imine (C=N–C) groups is 1. The van der Waals surface area contributed by atoms with Crippen molar-refractivity contribution in [3.05, 3.63) is 41.4 Å². The molecular formula is C13H14N2O4. The van der Waals surface area contributed by atoms with Crippen LogP contribution < -0.4 is 0 Å². The van der Waals surface area contributed by atoms with E-state index in [2.05, 4.69) is 9.98 Å². The highest BCUT2D eigenvalue weighted by Gasteiger charge is 2.33. The number of aliphatic hydroxyl groups excluding tert-OH is 2. The lowest BCUT2D eigenvalue weighted by atomic mass is 10.1. The average molecular weight is 262 g/mol. The summed E-state index contributed by atoms with van der Waals surface area (Å²) >= 11 is 0. The van der Waals surface area contributed by atoms with Crippen molar-refractivity contribution in [2.75, 3.05) is 13.2 Å². The van der Waals surface area contributed by atoms with Crippen LogP contribution in [0.5, 0.6) is 0 Å². The number of carbonyl (C=O) groups is 1. The third kappa shape index (κ3) is 3.17. The molecule has 0 radical (unpaired) electrons. The Balaban J connectivity index is 2.10. The van der Waals surface area contributed by atoms with Gasteiger partial charge in [-0.3, -0.25) is 9.98 Å². The predicted octanol–water partition coefficient (Wildman–Crippen LogP) is 0.425. The van der Waals surface area contributed by atoms with Gasteiger partial charge in [-0.15, -0.1) is 0 Å². The lowest BCUT2D eigenvalue weighted by Gasteiger charge is -2.09. The largest absolute Gasteiger partial charge is 0.507 e. The summed E-state index contributed by atoms with van der Waals surface area (Å²) in [5.41, 5.74) is 0.959. The van der Waals surface area contributed by atoms with Crippen molar-refractivity contribution in [2.24, 2.45) is 4.99 Å². The summed E-state index contributed by atoms with van der Waals surface area (Å²) in [5.74, 6) is -0.721. The number of cyclic esters (lactones) is 1. The van der Waals surface area contributed by atoms with Gasteiger partial charge in [0.15, 0.2) is 6.10 Å². The van der Waals surface area contributed by atoms with E-state index in [9.17, 15) is 9.90 Å². The molecule has 2 rings (SSSR count). The van der Waals surface area contributed by atoms with Gasteiger partial charge in [0.25, 0.3) is 0 Å². The molecule has 0 bridgehead atoms. The first kappa shape index (κ1) is 13.2. The maximum absolute atomic E-state index is 11.6. The minimum Gasteiger partial charge on any atom is -0.507 e. The van der Waals surface area contributed by atoms with Crippen LogP contribution in [-0.4, -0.2) is 46.6 Å². The van der Waals surface area contributed by atoms with Gasteiger partial charge in [-0.05, 0) is 17.7 Å². The molecule has 2 heterocycles. The lowest BCUT2D eigenvalue weighted by Crippen LogP contribution is -2.14. The number of aliphatic hydroxyl groups is 2. The van der Waals surface area contributed by atoms with E-state index in [0.717, 1.165) is 5.56 Å². The van der Waals surface area contributed by atoms with Crippen LogP contribution in [0, 0.1) is 0 Å². The SMILES string of the molecule is O=C1OC(Cc2ccncc2)C(O)=C1C=NCCO. The van der Waals surface area contributed by atoms with Gasteiger partial charge in [0.2, 0.25) is 0 Å². The van der Waals surface area contributed by atoms with Gasteiger partial charge < -0.3 is 14.9 Å². The van der Waals surface area contributed by atoms with Gasteiger partial charge in [-0.25, -0.2) is 4.79 Å². The molecule has 0 saturated heterocycles. The first-order valence-corrected chi connectivity index (χ1v) is 5.86. The molecule has 0 spiro atoms. The Morgan fingerprint density at radius 1 is 1.42 bits per heavy atom. The molecule has 1 aliphatic heterocycles. The van der Waals surface area contributed by atoms with Crippen molar-refractivity contribution in [3.8, 4) is 0 Å². The minimum absolute atomic E-state index is 0.0486. The molecule has 0 fully saturated rings. The second-order valence-electron chi connectivity index (χ2n) is 4.01. The van der Waals surface area contributed by atoms with E-state index in [4.69, 9.17) is 9.84 Å². The van der Waals surface area contributed by atoms with Gasteiger partial charge in [-0.1, -0.05) is 0 Å². The van der Waals surface area contributed by atoms with Crippen LogP contribution in [0.1, 0.15) is 5.56 Å². The number of pyridine rings is 1. The van der Waals surface area contributed by atoms with E-state index < -0.39 is 12.1 Å². The van der Waals surface area contributed by atoms with Gasteiger partial charge >= 0.3 is 5.97 Å². The van der Waals surface area contributed by atoms with Crippen LogP contribution >= 0.6 is 0 Å². The molecular weight excluding hydrogens is 248 g/mol. The van der Waals surface area contributed by atoms with Gasteiger partial charge in [-0.2, -0.15) is 0 Å². The van der Waals surface area contributed by atoms with Gasteiger partial charge in [0.05, 0.1) is 13.2 Å². The number of carbonyl (C=O) groups excluding carboxylic acids is 1. The number of rotatable bonds is 5. The maximum atomic E-state index is 11.6. The molecule has 0 amide bonds. The summed E-state index contributed by atoms with van der Waals surface area (Å²) in [5, 5.41) is 18.5. The third-order valence-electron chi connectivity index (χ3n) is 2.67. The molecule has 6 nitrogen and oxygen atoms in total. The summed E-state index contributed by atoms with van der Waals surface area (Å²) in [6.45, 7) is 0.0686. The summed E-state index contributed by atoms with van der Waals surface area (Å²) in [6, 6.07) is 3.58. The third-order valence-corrected chi connectivity index (χ3v) is 2.67. The lowest BCUT2D eigenvalue weighted by molar-refractivity contribution is -0.139. The highest BCUT2D eigenvalue weighted by Crippen LogP contribution is 2.22. The van der Waals surface area contributed by atoms with E-state index in [1.54, 1.807) is 24.5 Å². The number of ether oxygens (including phenoxy) is 1. The summed E-state index contributed by atoms with van der Waals surface area (Å²) in [7, 11) is 0. The summed E-state index contributed by atoms with van der Waals surface area (Å²) < 4.78 is 5.08. The zero-order valence-electron chi connectivity index (χ0n) is 10.2. The monoisotopic (exact) mass is 262 g/mol. The Bertz CT molecular complexity index is 511. The Kier molecular flexibility index (Phi) is 4.25. The molecule has 19 heavy (non-hydrogen) atoms. The van der Waals surface area contributed by atoms with Gasteiger partial charge in [0.1, 0.15) is 11.3 Å². The first-order valence-electron chi connectivity index (χ1n) is 5.86. The molecule has 0 aliphatic carbocycles. The highest BCUT2D eigenvalue weighted by atomic mass is 16.6. The van der Waals surface area contributed by atoms with Crippen LogP contribution in [0.2, 0.25) is 0 Å². The Morgan fingerprint density at radius 3 is 2.84 bits per heavy atom. The fourth-order valence-corrected chi connectivity index (χ4v) is 1.73. The standard InChI is InChI=1S/C13H14N2O4/c16-6-5-15-8-10-12(17)11(19-13(10)18)7-9-1-3-14-4-2-9/h1-4,8,11,16-17H,5-7H2. The van der Waals surface area contributed by atoms with Crippen LogP contribution in [0.4, 0.5) is 0 Å². The second kappa shape index (κ2) is 6.10. The highest BCUT2D eigenvalue weighted by molar-refractivity contribution is 6.11. The number of hydrogen-bond acceptors (Lipinski definition) is 6.